The van der Waals surface area contributed by atoms with Gasteiger partial charge in [0.2, 0.25) is 0 Å². The molecule has 5 heteroatoms. The average Bonchev–Trinajstić information content (AvgIpc) is 2.69. The molecule has 1 aromatic rings. The van der Waals surface area contributed by atoms with Crippen molar-refractivity contribution in [3.8, 4) is 0 Å². The van der Waals surface area contributed by atoms with Crippen molar-refractivity contribution >= 4 is 11.7 Å². The third kappa shape index (κ3) is 2.85. The van der Waals surface area contributed by atoms with Crippen molar-refractivity contribution in [2.75, 3.05) is 6.61 Å². The van der Waals surface area contributed by atoms with E-state index in [-0.39, 0.29) is 16.5 Å². The molecule has 0 saturated heterocycles. The van der Waals surface area contributed by atoms with E-state index < -0.39 is 10.9 Å². The minimum Gasteiger partial charge on any atom is -0.461 e. The van der Waals surface area contributed by atoms with Crippen LogP contribution in [0.5, 0.6) is 0 Å². The second-order valence-corrected chi connectivity index (χ2v) is 7.10. The van der Waals surface area contributed by atoms with E-state index in [1.165, 1.54) is 24.3 Å². The summed E-state index contributed by atoms with van der Waals surface area (Å²) in [6.45, 7) is 9.23. The van der Waals surface area contributed by atoms with Crippen LogP contribution in [-0.2, 0) is 4.74 Å². The summed E-state index contributed by atoms with van der Waals surface area (Å²) in [6.07, 6.45) is 2.17. The largest absolute Gasteiger partial charge is 0.461 e. The first-order valence-corrected chi connectivity index (χ1v) is 7.59. The monoisotopic (exact) mass is 305 g/mol. The average molecular weight is 305 g/mol. The van der Waals surface area contributed by atoms with Crippen molar-refractivity contribution in [1.82, 2.24) is 0 Å². The number of esters is 1. The van der Waals surface area contributed by atoms with E-state index >= 15 is 0 Å². The van der Waals surface area contributed by atoms with Gasteiger partial charge in [0.05, 0.1) is 17.1 Å². The van der Waals surface area contributed by atoms with Gasteiger partial charge < -0.3 is 4.74 Å². The van der Waals surface area contributed by atoms with Gasteiger partial charge in [0.15, 0.2) is 0 Å². The summed E-state index contributed by atoms with van der Waals surface area (Å²) >= 11 is 0. The van der Waals surface area contributed by atoms with Gasteiger partial charge in [0.1, 0.15) is 0 Å². The molecule has 1 aliphatic rings. The van der Waals surface area contributed by atoms with Crippen molar-refractivity contribution < 1.29 is 14.5 Å². The molecule has 1 aromatic carbocycles. The highest BCUT2D eigenvalue weighted by Gasteiger charge is 2.50. The van der Waals surface area contributed by atoms with E-state index in [1.807, 2.05) is 0 Å². The van der Waals surface area contributed by atoms with Crippen molar-refractivity contribution in [3.63, 3.8) is 0 Å². The number of nitro groups is 1. The quantitative estimate of drug-likeness (QED) is 0.474. The fourth-order valence-corrected chi connectivity index (χ4v) is 3.10. The fourth-order valence-electron chi connectivity index (χ4n) is 3.10. The molecule has 0 amide bonds. The van der Waals surface area contributed by atoms with Crippen molar-refractivity contribution in [1.29, 1.82) is 0 Å². The Morgan fingerprint density at radius 2 is 1.91 bits per heavy atom. The van der Waals surface area contributed by atoms with Gasteiger partial charge in [0, 0.05) is 17.5 Å². The van der Waals surface area contributed by atoms with Gasteiger partial charge in [-0.25, -0.2) is 4.79 Å². The minimum atomic E-state index is -0.488. The van der Waals surface area contributed by atoms with Gasteiger partial charge >= 0.3 is 5.97 Å². The summed E-state index contributed by atoms with van der Waals surface area (Å²) in [5.74, 6) is 0.169. The highest BCUT2D eigenvalue weighted by molar-refractivity contribution is 5.89. The molecule has 0 unspecified atom stereocenters. The Balaban J connectivity index is 2.02. The SMILES string of the molecule is C[C@H]1CC[C@](C)(COC(=O)c2ccc([N+](=O)[O-])cc2)C1(C)C. The highest BCUT2D eigenvalue weighted by atomic mass is 16.6. The van der Waals surface area contributed by atoms with Crippen LogP contribution in [0.25, 0.3) is 0 Å². The molecule has 0 bridgehead atoms. The summed E-state index contributed by atoms with van der Waals surface area (Å²) in [6, 6.07) is 5.51. The first-order valence-electron chi connectivity index (χ1n) is 7.59. The predicted molar refractivity (Wildman–Crippen MR) is 83.7 cm³/mol. The molecule has 2 rings (SSSR count). The third-order valence-electron chi connectivity index (χ3n) is 5.75. The van der Waals surface area contributed by atoms with Crippen LogP contribution in [0.2, 0.25) is 0 Å². The number of benzene rings is 1. The van der Waals surface area contributed by atoms with E-state index in [9.17, 15) is 14.9 Å². The minimum absolute atomic E-state index is 0.0331. The van der Waals surface area contributed by atoms with Crippen LogP contribution in [0.4, 0.5) is 5.69 Å². The number of nitrogens with zero attached hydrogens (tertiary/aromatic N) is 1. The molecular formula is C17H23NO4. The molecular weight excluding hydrogens is 282 g/mol. The summed E-state index contributed by atoms with van der Waals surface area (Å²) in [4.78, 5) is 22.3. The zero-order valence-corrected chi connectivity index (χ0v) is 13.6. The molecule has 120 valence electrons. The normalized spacial score (nSPS) is 26.6. The Labute approximate surface area is 130 Å². The molecule has 1 fully saturated rings. The number of nitro benzene ring substituents is 1. The van der Waals surface area contributed by atoms with Gasteiger partial charge in [0.25, 0.3) is 5.69 Å². The zero-order chi connectivity index (χ0) is 16.5. The number of ether oxygens (including phenoxy) is 1. The van der Waals surface area contributed by atoms with Crippen LogP contribution in [0.3, 0.4) is 0 Å². The van der Waals surface area contributed by atoms with Crippen LogP contribution in [0, 0.1) is 26.9 Å². The lowest BCUT2D eigenvalue weighted by Gasteiger charge is -2.40. The van der Waals surface area contributed by atoms with Gasteiger partial charge in [-0.05, 0) is 36.3 Å². The fraction of sp³-hybridized carbons (Fsp3) is 0.588. The predicted octanol–water partition coefficient (Wildman–Crippen LogP) is 4.21. The Morgan fingerprint density at radius 3 is 2.36 bits per heavy atom. The Kier molecular flexibility index (Phi) is 4.27. The first-order chi connectivity index (χ1) is 10.2. The Hall–Kier alpha value is -1.91. The molecule has 0 aromatic heterocycles. The maximum atomic E-state index is 12.1. The smallest absolute Gasteiger partial charge is 0.338 e. The molecule has 0 spiro atoms. The van der Waals surface area contributed by atoms with Crippen LogP contribution >= 0.6 is 0 Å². The van der Waals surface area contributed by atoms with E-state index in [0.29, 0.717) is 18.1 Å². The molecule has 1 saturated carbocycles. The number of hydrogen-bond acceptors (Lipinski definition) is 4. The standard InChI is InChI=1S/C17H23NO4/c1-12-9-10-17(4,16(12,2)3)11-22-15(19)13-5-7-14(8-6-13)18(20)21/h5-8,12H,9-11H2,1-4H3/t12-,17+/m0/s1. The lowest BCUT2D eigenvalue weighted by Crippen LogP contribution is -2.37. The molecule has 5 nitrogen and oxygen atoms in total. The van der Waals surface area contributed by atoms with E-state index in [1.54, 1.807) is 0 Å². The van der Waals surface area contributed by atoms with E-state index in [4.69, 9.17) is 4.74 Å². The van der Waals surface area contributed by atoms with Gasteiger partial charge in [-0.15, -0.1) is 0 Å². The number of hydrogen-bond donors (Lipinski definition) is 0. The zero-order valence-electron chi connectivity index (χ0n) is 13.6. The second kappa shape index (κ2) is 5.71. The Bertz CT molecular complexity index is 579. The van der Waals surface area contributed by atoms with Gasteiger partial charge in [-0.3, -0.25) is 10.1 Å². The lowest BCUT2D eigenvalue weighted by atomic mass is 9.66. The number of rotatable bonds is 4. The topological polar surface area (TPSA) is 69.4 Å². The van der Waals surface area contributed by atoms with Crippen molar-refractivity contribution in [3.05, 3.63) is 39.9 Å². The second-order valence-electron chi connectivity index (χ2n) is 7.10. The molecule has 22 heavy (non-hydrogen) atoms. The Morgan fingerprint density at radius 1 is 1.32 bits per heavy atom. The highest BCUT2D eigenvalue weighted by Crippen LogP contribution is 2.55. The summed E-state index contributed by atoms with van der Waals surface area (Å²) in [7, 11) is 0. The third-order valence-corrected chi connectivity index (χ3v) is 5.75. The van der Waals surface area contributed by atoms with Crippen LogP contribution in [0.1, 0.15) is 50.9 Å². The number of non-ortho nitro benzene ring substituents is 1. The van der Waals surface area contributed by atoms with E-state index in [2.05, 4.69) is 27.7 Å². The number of carbonyl (C=O) groups excluding carboxylic acids is 1. The maximum Gasteiger partial charge on any atom is 0.338 e. The van der Waals surface area contributed by atoms with Gasteiger partial charge in [-0.1, -0.05) is 27.7 Å². The van der Waals surface area contributed by atoms with Crippen molar-refractivity contribution in [2.24, 2.45) is 16.7 Å². The van der Waals surface area contributed by atoms with Crippen molar-refractivity contribution in [2.45, 2.75) is 40.5 Å². The van der Waals surface area contributed by atoms with Crippen LogP contribution in [0.15, 0.2) is 24.3 Å². The summed E-state index contributed by atoms with van der Waals surface area (Å²) < 4.78 is 5.49. The van der Waals surface area contributed by atoms with Crippen LogP contribution < -0.4 is 0 Å². The van der Waals surface area contributed by atoms with Crippen LogP contribution in [-0.4, -0.2) is 17.5 Å². The molecule has 1 aliphatic carbocycles. The summed E-state index contributed by atoms with van der Waals surface area (Å²) in [5, 5.41) is 10.6. The van der Waals surface area contributed by atoms with Gasteiger partial charge in [-0.2, -0.15) is 0 Å². The molecule has 2 atom stereocenters. The van der Waals surface area contributed by atoms with E-state index in [0.717, 1.165) is 12.8 Å². The molecule has 0 radical (unpaired) electrons. The molecule has 0 heterocycles. The molecule has 0 N–H and O–H groups in total. The number of carbonyl (C=O) groups is 1. The molecule has 0 aliphatic heterocycles. The summed E-state index contributed by atoms with van der Waals surface area (Å²) in [5.41, 5.74) is 0.387. The maximum absolute atomic E-state index is 12.1. The first kappa shape index (κ1) is 16.5. The lowest BCUT2D eigenvalue weighted by molar-refractivity contribution is -0.384.